The van der Waals surface area contributed by atoms with E-state index in [4.69, 9.17) is 4.55 Å². The van der Waals surface area contributed by atoms with Crippen LogP contribution in [0.2, 0.25) is 0 Å². The summed E-state index contributed by atoms with van der Waals surface area (Å²) in [5, 5.41) is 0. The molecule has 0 saturated heterocycles. The van der Waals surface area contributed by atoms with Gasteiger partial charge in [-0.2, -0.15) is 8.42 Å². The molecule has 0 bridgehead atoms. The van der Waals surface area contributed by atoms with E-state index in [1.165, 1.54) is 19.1 Å². The molecule has 0 amide bonds. The molecule has 1 aromatic carbocycles. The minimum absolute atomic E-state index is 0.0768. The number of carbonyl (C=O) groups is 1. The average Bonchev–Trinajstić information content (AvgIpc) is 2.15. The summed E-state index contributed by atoms with van der Waals surface area (Å²) in [6, 6.07) is 3.82. The highest BCUT2D eigenvalue weighted by molar-refractivity contribution is 14.1. The van der Waals surface area contributed by atoms with Crippen molar-refractivity contribution in [2.45, 2.75) is 11.8 Å². The highest BCUT2D eigenvalue weighted by Gasteiger charge is 2.20. The first-order chi connectivity index (χ1) is 6.88. The van der Waals surface area contributed by atoms with Crippen LogP contribution in [0.1, 0.15) is 17.3 Å². The van der Waals surface area contributed by atoms with Gasteiger partial charge in [0.2, 0.25) is 0 Å². The van der Waals surface area contributed by atoms with Crippen molar-refractivity contribution in [2.24, 2.45) is 0 Å². The highest BCUT2D eigenvalue weighted by Crippen LogP contribution is 2.24. The van der Waals surface area contributed by atoms with Crippen molar-refractivity contribution in [3.63, 3.8) is 0 Å². The predicted octanol–water partition coefficient (Wildman–Crippen LogP) is 1.62. The number of carbonyl (C=O) groups excluding carboxylic acids is 1. The molecule has 5 nitrogen and oxygen atoms in total. The zero-order chi connectivity index (χ0) is 11.6. The largest absolute Gasteiger partial charge is 0.295 e. The standard InChI is InChI=1S/C8H7IO5S/c1-5(10)6-3-2-4-7(8(6)9-11)15(12,13)14/h2-4H,1H3,(H,12,13,14). The Bertz CT molecular complexity index is 520. The molecule has 1 N–H and O–H groups in total. The van der Waals surface area contributed by atoms with Gasteiger partial charge in [-0.25, -0.2) is 0 Å². The smallest absolute Gasteiger partial charge is 0.294 e. The van der Waals surface area contributed by atoms with Crippen LogP contribution in [-0.4, -0.2) is 18.8 Å². The van der Waals surface area contributed by atoms with Crippen molar-refractivity contribution in [1.82, 2.24) is 0 Å². The maximum absolute atomic E-state index is 11.1. The van der Waals surface area contributed by atoms with Crippen molar-refractivity contribution in [3.8, 4) is 0 Å². The van der Waals surface area contributed by atoms with Gasteiger partial charge in [0, 0.05) is 5.56 Å². The number of rotatable bonds is 3. The third kappa shape index (κ3) is 2.67. The van der Waals surface area contributed by atoms with E-state index in [0.29, 0.717) is 0 Å². The monoisotopic (exact) mass is 342 g/mol. The Balaban J connectivity index is 3.63. The molecular formula is C8H7IO5S. The third-order valence-corrected chi connectivity index (χ3v) is 4.56. The van der Waals surface area contributed by atoms with Crippen molar-refractivity contribution in [3.05, 3.63) is 27.3 Å². The molecule has 0 spiro atoms. The molecule has 0 aromatic heterocycles. The predicted molar refractivity (Wildman–Crippen MR) is 59.7 cm³/mol. The Labute approximate surface area is 96.9 Å². The number of benzene rings is 1. The summed E-state index contributed by atoms with van der Waals surface area (Å²) in [4.78, 5) is 10.7. The lowest BCUT2D eigenvalue weighted by atomic mass is 10.2. The summed E-state index contributed by atoms with van der Waals surface area (Å²) in [6.45, 7) is 1.24. The van der Waals surface area contributed by atoms with Gasteiger partial charge in [0.25, 0.3) is 10.1 Å². The SMILES string of the molecule is CC(=O)c1cccc(S(=O)(=O)O)c1I=O. The maximum atomic E-state index is 11.1. The molecule has 0 radical (unpaired) electrons. The van der Waals surface area contributed by atoms with E-state index in [0.717, 1.165) is 6.07 Å². The van der Waals surface area contributed by atoms with E-state index in [9.17, 15) is 16.3 Å². The van der Waals surface area contributed by atoms with Crippen molar-refractivity contribution < 1.29 is 20.8 Å². The molecule has 0 fully saturated rings. The zero-order valence-electron chi connectivity index (χ0n) is 7.60. The Morgan fingerprint density at radius 2 is 2.00 bits per heavy atom. The fraction of sp³-hybridized carbons (Fsp3) is 0.125. The molecule has 7 heteroatoms. The molecule has 1 aromatic rings. The van der Waals surface area contributed by atoms with Crippen molar-refractivity contribution >= 4 is 37.1 Å². The molecule has 1 rings (SSSR count). The Kier molecular flexibility index (Phi) is 3.68. The second-order valence-corrected chi connectivity index (χ2v) is 5.64. The Morgan fingerprint density at radius 3 is 2.40 bits per heavy atom. The number of ketones is 1. The van der Waals surface area contributed by atoms with E-state index in [1.807, 2.05) is 0 Å². The molecule has 0 saturated carbocycles. The van der Waals surface area contributed by atoms with Crippen LogP contribution >= 0.6 is 21.2 Å². The van der Waals surface area contributed by atoms with Crippen molar-refractivity contribution in [2.75, 3.05) is 0 Å². The van der Waals surface area contributed by atoms with Gasteiger partial charge in [-0.15, -0.1) is 0 Å². The van der Waals surface area contributed by atoms with Gasteiger partial charge in [-0.1, -0.05) is 12.1 Å². The van der Waals surface area contributed by atoms with Crippen LogP contribution in [0.3, 0.4) is 0 Å². The summed E-state index contributed by atoms with van der Waals surface area (Å²) in [6.07, 6.45) is 0. The van der Waals surface area contributed by atoms with E-state index in [2.05, 4.69) is 0 Å². The molecule has 0 unspecified atom stereocenters. The number of Topliss-reactive ketones (excluding diaryl/α,β-unsaturated/α-hetero) is 1. The quantitative estimate of drug-likeness (QED) is 0.512. The summed E-state index contributed by atoms with van der Waals surface area (Å²) < 4.78 is 41.5. The van der Waals surface area contributed by atoms with E-state index >= 15 is 0 Å². The number of hydrogen-bond acceptors (Lipinski definition) is 4. The average molecular weight is 342 g/mol. The first-order valence-electron chi connectivity index (χ1n) is 3.76. The first kappa shape index (κ1) is 12.4. The lowest BCUT2D eigenvalue weighted by Gasteiger charge is -2.03. The van der Waals surface area contributed by atoms with Crippen LogP contribution < -0.4 is 0 Å². The minimum Gasteiger partial charge on any atom is -0.294 e. The molecule has 0 heterocycles. The molecule has 0 aliphatic rings. The summed E-state index contributed by atoms with van der Waals surface area (Å²) in [7, 11) is -4.43. The van der Waals surface area contributed by atoms with Gasteiger partial charge in [-0.05, 0) is 13.0 Å². The van der Waals surface area contributed by atoms with Gasteiger partial charge in [0.15, 0.2) is 27.0 Å². The van der Waals surface area contributed by atoms with Crippen molar-refractivity contribution in [1.29, 1.82) is 0 Å². The maximum Gasteiger partial charge on any atom is 0.295 e. The minimum atomic E-state index is -4.43. The Morgan fingerprint density at radius 1 is 1.40 bits per heavy atom. The van der Waals surface area contributed by atoms with Gasteiger partial charge in [-0.3, -0.25) is 12.4 Å². The van der Waals surface area contributed by atoms with Crippen LogP contribution in [0.15, 0.2) is 23.1 Å². The number of halogens is 1. The molecule has 82 valence electrons. The van der Waals surface area contributed by atoms with Crippen LogP contribution in [-0.2, 0) is 13.2 Å². The van der Waals surface area contributed by atoms with Crippen LogP contribution in [0.5, 0.6) is 0 Å². The molecular weight excluding hydrogens is 335 g/mol. The van der Waals surface area contributed by atoms with Crippen LogP contribution in [0, 0.1) is 3.57 Å². The normalized spacial score (nSPS) is 11.3. The summed E-state index contributed by atoms with van der Waals surface area (Å²) in [5.41, 5.74) is 0.0768. The van der Waals surface area contributed by atoms with Gasteiger partial charge in [0.05, 0.1) is 3.57 Å². The second-order valence-electron chi connectivity index (χ2n) is 2.73. The van der Waals surface area contributed by atoms with Crippen LogP contribution in [0.4, 0.5) is 0 Å². The number of hydrogen-bond donors (Lipinski definition) is 1. The summed E-state index contributed by atoms with van der Waals surface area (Å²) in [5.74, 6) is -0.383. The van der Waals surface area contributed by atoms with E-state index in [-0.39, 0.29) is 14.9 Å². The topological polar surface area (TPSA) is 88.5 Å². The molecule has 15 heavy (non-hydrogen) atoms. The van der Waals surface area contributed by atoms with Gasteiger partial charge in [0.1, 0.15) is 4.90 Å². The molecule has 0 aliphatic heterocycles. The van der Waals surface area contributed by atoms with E-state index in [1.54, 1.807) is 0 Å². The molecule has 0 atom stereocenters. The lowest BCUT2D eigenvalue weighted by molar-refractivity contribution is 0.101. The van der Waals surface area contributed by atoms with Crippen LogP contribution in [0.25, 0.3) is 0 Å². The van der Waals surface area contributed by atoms with Gasteiger partial charge < -0.3 is 0 Å². The van der Waals surface area contributed by atoms with E-state index < -0.39 is 36.2 Å². The third-order valence-electron chi connectivity index (χ3n) is 1.70. The second kappa shape index (κ2) is 4.45. The molecule has 0 aliphatic carbocycles. The Hall–Kier alpha value is -0.670. The lowest BCUT2D eigenvalue weighted by Crippen LogP contribution is -2.05. The fourth-order valence-electron chi connectivity index (χ4n) is 1.06. The van der Waals surface area contributed by atoms with Gasteiger partial charge >= 0.3 is 0 Å². The summed E-state index contributed by atoms with van der Waals surface area (Å²) >= 11 is -1.84. The zero-order valence-corrected chi connectivity index (χ0v) is 10.6. The fourth-order valence-corrected chi connectivity index (χ4v) is 3.89. The highest BCUT2D eigenvalue weighted by atomic mass is 127. The first-order valence-corrected chi connectivity index (χ1v) is 7.16.